The van der Waals surface area contributed by atoms with E-state index in [0.717, 1.165) is 66.7 Å². The van der Waals surface area contributed by atoms with Crippen LogP contribution in [-0.4, -0.2) is 22.6 Å². The Bertz CT molecular complexity index is 3090. The topological polar surface area (TPSA) is 47.1 Å². The van der Waals surface area contributed by atoms with Gasteiger partial charge in [0, 0.05) is 41.0 Å². The maximum Gasteiger partial charge on any atom is 0.184 e. The van der Waals surface area contributed by atoms with E-state index >= 15 is 4.39 Å². The lowest BCUT2D eigenvalue weighted by atomic mass is 9.99. The zero-order chi connectivity index (χ0) is 38.1. The van der Waals surface area contributed by atoms with Crippen molar-refractivity contribution in [2.24, 2.45) is 7.05 Å². The van der Waals surface area contributed by atoms with Crippen molar-refractivity contribution in [3.8, 4) is 11.4 Å². The third-order valence-electron chi connectivity index (χ3n) is 11.6. The van der Waals surface area contributed by atoms with Crippen molar-refractivity contribution in [3.63, 3.8) is 0 Å². The molecule has 57 heavy (non-hydrogen) atoms. The van der Waals surface area contributed by atoms with Gasteiger partial charge >= 0.3 is 0 Å². The quantitative estimate of drug-likeness (QED) is 0.159. The Kier molecular flexibility index (Phi) is 7.59. The van der Waals surface area contributed by atoms with Crippen molar-refractivity contribution >= 4 is 79.0 Å². The first-order chi connectivity index (χ1) is 28.1. The summed E-state index contributed by atoms with van der Waals surface area (Å²) < 4.78 is 26.1. The Morgan fingerprint density at radius 3 is 2.05 bits per heavy atom. The molecule has 1 unspecified atom stereocenters. The van der Waals surface area contributed by atoms with Gasteiger partial charge in [0.2, 0.25) is 0 Å². The van der Waals surface area contributed by atoms with E-state index in [2.05, 4.69) is 107 Å². The lowest BCUT2D eigenvalue weighted by molar-refractivity contribution is 0.402. The van der Waals surface area contributed by atoms with Crippen molar-refractivity contribution in [3.05, 3.63) is 199 Å². The molecule has 272 valence electrons. The Morgan fingerprint density at radius 1 is 0.579 bits per heavy atom. The number of imidazole rings is 1. The minimum Gasteiger partial charge on any atom is -0.456 e. The Balaban J connectivity index is 1.18. The number of benzene rings is 7. The number of hydrogen-bond donors (Lipinski definition) is 0. The van der Waals surface area contributed by atoms with Crippen LogP contribution in [0.25, 0.3) is 44.4 Å². The third-order valence-corrected chi connectivity index (χ3v) is 16.5. The summed E-state index contributed by atoms with van der Waals surface area (Å²) in [6.45, 7) is 0. The van der Waals surface area contributed by atoms with Crippen LogP contribution in [-0.2, 0) is 7.05 Å². The zero-order valence-electron chi connectivity index (χ0n) is 31.1. The van der Waals surface area contributed by atoms with Crippen LogP contribution >= 0.6 is 0 Å². The number of anilines is 3. The molecule has 1 aliphatic rings. The second kappa shape index (κ2) is 13.0. The highest BCUT2D eigenvalue weighted by atomic mass is 28.3. The molecule has 4 heterocycles. The van der Waals surface area contributed by atoms with E-state index in [1.165, 1.54) is 15.6 Å². The predicted octanol–water partition coefficient (Wildman–Crippen LogP) is 9.75. The Morgan fingerprint density at radius 2 is 1.28 bits per heavy atom. The van der Waals surface area contributed by atoms with Gasteiger partial charge in [-0.25, -0.2) is 14.4 Å². The van der Waals surface area contributed by atoms with Crippen LogP contribution in [0.15, 0.2) is 193 Å². The van der Waals surface area contributed by atoms with Crippen molar-refractivity contribution in [2.45, 2.75) is 6.17 Å². The lowest BCUT2D eigenvalue weighted by Gasteiger charge is -2.44. The monoisotopic (exact) mass is 754 g/mol. The molecule has 0 bridgehead atoms. The van der Waals surface area contributed by atoms with E-state index in [9.17, 15) is 0 Å². The number of fused-ring (bicyclic) bond motifs is 6. The van der Waals surface area contributed by atoms with Gasteiger partial charge in [-0.05, 0) is 86.5 Å². The molecule has 0 saturated carbocycles. The maximum atomic E-state index is 17.4. The number of aromatic nitrogens is 3. The fourth-order valence-electron chi connectivity index (χ4n) is 9.06. The van der Waals surface area contributed by atoms with E-state index in [0.29, 0.717) is 11.1 Å². The van der Waals surface area contributed by atoms with E-state index in [1.807, 2.05) is 98.2 Å². The summed E-state index contributed by atoms with van der Waals surface area (Å²) in [6, 6.07) is 62.4. The molecule has 0 saturated heterocycles. The number of rotatable bonds is 6. The van der Waals surface area contributed by atoms with Crippen LogP contribution in [0.1, 0.15) is 17.3 Å². The number of hydrogen-bond acceptors (Lipinski definition) is 4. The summed E-state index contributed by atoms with van der Waals surface area (Å²) >= 11 is 0. The average Bonchev–Trinajstić information content (AvgIpc) is 3.82. The molecule has 1 atom stereocenters. The first kappa shape index (κ1) is 33.3. The van der Waals surface area contributed by atoms with Gasteiger partial charge in [-0.1, -0.05) is 127 Å². The number of aryl methyl sites for hydroxylation is 1. The van der Waals surface area contributed by atoms with Crippen LogP contribution in [0.4, 0.5) is 21.6 Å². The minimum atomic E-state index is -3.09. The highest BCUT2D eigenvalue weighted by Crippen LogP contribution is 2.42. The molecular formula is C50H35FN4OSi. The van der Waals surface area contributed by atoms with Gasteiger partial charge in [-0.3, -0.25) is 4.90 Å². The van der Waals surface area contributed by atoms with Crippen molar-refractivity contribution < 1.29 is 8.81 Å². The highest BCUT2D eigenvalue weighted by molar-refractivity contribution is 7.21. The standard InChI is InChI=1S/C50H35FN4OSi/c1-54-41-23-10-9-22-40(41)53-50(54)35-16-14-15-33(29-35)49(51)34-26-27-46-42(30-34)55(48-25-12-13-28-52-48)43-31-39-38-21-8-11-24-44(38)56-45(39)32-47(43)57(46,36-17-4-2-5-18-36)37-19-6-3-7-20-37/h2-32,49H,1H3. The summed E-state index contributed by atoms with van der Waals surface area (Å²) in [4.78, 5) is 12.1. The molecule has 5 nitrogen and oxygen atoms in total. The SMILES string of the molecule is Cn1c(-c2cccc(C(F)c3ccc4c(c3)N(c3ccccn3)c3cc5c(cc3[Si]4(c3ccccc3)c3ccccc3)oc3ccccc35)c2)nc2ccccc21. The largest absolute Gasteiger partial charge is 0.456 e. The molecule has 7 aromatic carbocycles. The van der Waals surface area contributed by atoms with Gasteiger partial charge in [0.05, 0.1) is 11.0 Å². The Labute approximate surface area is 330 Å². The second-order valence-electron chi connectivity index (χ2n) is 14.7. The zero-order valence-corrected chi connectivity index (χ0v) is 32.1. The fourth-order valence-corrected chi connectivity index (χ4v) is 14.1. The second-order valence-corrected chi connectivity index (χ2v) is 18.4. The molecule has 0 spiro atoms. The van der Waals surface area contributed by atoms with E-state index < -0.39 is 14.2 Å². The predicted molar refractivity (Wildman–Crippen MR) is 232 cm³/mol. The molecule has 0 aliphatic carbocycles. The molecule has 1 aliphatic heterocycles. The smallest absolute Gasteiger partial charge is 0.184 e. The van der Waals surface area contributed by atoms with Crippen LogP contribution in [0, 0.1) is 0 Å². The first-order valence-corrected chi connectivity index (χ1v) is 21.2. The van der Waals surface area contributed by atoms with Gasteiger partial charge in [0.15, 0.2) is 14.2 Å². The van der Waals surface area contributed by atoms with Crippen LogP contribution in [0.2, 0.25) is 0 Å². The Hall–Kier alpha value is -7.09. The van der Waals surface area contributed by atoms with Crippen molar-refractivity contribution in [1.82, 2.24) is 14.5 Å². The number of pyridine rings is 1. The summed E-state index contributed by atoms with van der Waals surface area (Å²) in [7, 11) is -1.09. The molecule has 3 aromatic heterocycles. The van der Waals surface area contributed by atoms with Crippen LogP contribution in [0.5, 0.6) is 0 Å². The summed E-state index contributed by atoms with van der Waals surface area (Å²) in [5.41, 5.74) is 7.55. The van der Waals surface area contributed by atoms with E-state index in [1.54, 1.807) is 0 Å². The molecule has 0 N–H and O–H groups in total. The average molecular weight is 755 g/mol. The molecule has 0 amide bonds. The first-order valence-electron chi connectivity index (χ1n) is 19.2. The van der Waals surface area contributed by atoms with Crippen molar-refractivity contribution in [2.75, 3.05) is 4.90 Å². The summed E-state index contributed by atoms with van der Waals surface area (Å²) in [5, 5.41) is 6.87. The van der Waals surface area contributed by atoms with Gasteiger partial charge in [0.25, 0.3) is 0 Å². The van der Waals surface area contributed by atoms with Gasteiger partial charge in [-0.15, -0.1) is 0 Å². The van der Waals surface area contributed by atoms with Crippen LogP contribution < -0.4 is 25.6 Å². The van der Waals surface area contributed by atoms with Gasteiger partial charge in [-0.2, -0.15) is 0 Å². The number of nitrogens with zero attached hydrogens (tertiary/aromatic N) is 4. The highest BCUT2D eigenvalue weighted by Gasteiger charge is 2.49. The fraction of sp³-hybridized carbons (Fsp3) is 0.0400. The summed E-state index contributed by atoms with van der Waals surface area (Å²) in [5.74, 6) is 1.56. The molecule has 0 fully saturated rings. The maximum absolute atomic E-state index is 17.4. The number of halogens is 1. The van der Waals surface area contributed by atoms with Crippen LogP contribution in [0.3, 0.4) is 0 Å². The number of furan rings is 1. The van der Waals surface area contributed by atoms with E-state index in [-0.39, 0.29) is 0 Å². The summed E-state index contributed by atoms with van der Waals surface area (Å²) in [6.07, 6.45) is 0.421. The van der Waals surface area contributed by atoms with Crippen molar-refractivity contribution in [1.29, 1.82) is 0 Å². The lowest BCUT2D eigenvalue weighted by Crippen LogP contribution is -2.77. The molecule has 0 radical (unpaired) electrons. The van der Waals surface area contributed by atoms with Gasteiger partial charge in [0.1, 0.15) is 22.8 Å². The third kappa shape index (κ3) is 5.05. The number of para-hydroxylation sites is 3. The normalized spacial score (nSPS) is 13.8. The molecule has 7 heteroatoms. The molecule has 11 rings (SSSR count). The van der Waals surface area contributed by atoms with Gasteiger partial charge < -0.3 is 8.98 Å². The van der Waals surface area contributed by atoms with E-state index in [4.69, 9.17) is 14.4 Å². The molecular weight excluding hydrogens is 720 g/mol. The minimum absolute atomic E-state index is 0.569. The number of alkyl halides is 1. The molecule has 10 aromatic rings.